The predicted molar refractivity (Wildman–Crippen MR) is 151 cm³/mol. The van der Waals surface area contributed by atoms with E-state index in [1.54, 1.807) is 0 Å². The van der Waals surface area contributed by atoms with Crippen LogP contribution in [0.3, 0.4) is 0 Å². The summed E-state index contributed by atoms with van der Waals surface area (Å²) in [5, 5.41) is 6.14. The number of rotatable bonds is 6. The molecule has 29 heavy (non-hydrogen) atoms. The molecule has 0 nitrogen and oxygen atoms in total. The van der Waals surface area contributed by atoms with Crippen molar-refractivity contribution in [3.8, 4) is 0 Å². The quantitative estimate of drug-likeness (QED) is 0.283. The van der Waals surface area contributed by atoms with Gasteiger partial charge in [-0.05, 0) is 0 Å². The molecule has 0 fully saturated rings. The van der Waals surface area contributed by atoms with Gasteiger partial charge in [-0.1, -0.05) is 0 Å². The van der Waals surface area contributed by atoms with Crippen LogP contribution in [0.4, 0.5) is 0 Å². The minimum atomic E-state index is -2.40. The summed E-state index contributed by atoms with van der Waals surface area (Å²) in [5.74, 6) is 0. The van der Waals surface area contributed by atoms with Crippen molar-refractivity contribution in [3.05, 3.63) is 18.9 Å². The molecule has 0 saturated heterocycles. The Hall–Kier alpha value is 1.45. The van der Waals surface area contributed by atoms with E-state index >= 15 is 0 Å². The summed E-state index contributed by atoms with van der Waals surface area (Å²) in [6, 6.07) is 0. The van der Waals surface area contributed by atoms with Crippen LogP contribution in [0.25, 0.3) is 0 Å². The van der Waals surface area contributed by atoms with Crippen molar-refractivity contribution in [2.75, 3.05) is 0 Å². The van der Waals surface area contributed by atoms with Crippen LogP contribution in [0.15, 0.2) is 18.9 Å². The molecular weight excluding hydrogens is 508 g/mol. The Bertz CT molecular complexity index is 654. The number of allylic oxidation sites excluding steroid dienone is 4. The van der Waals surface area contributed by atoms with Crippen LogP contribution >= 0.6 is 0 Å². The molecule has 0 atom stereocenters. The Morgan fingerprint density at radius 3 is 0.966 bits per heavy atom. The molecule has 170 valence electrons. The Labute approximate surface area is 194 Å². The van der Waals surface area contributed by atoms with Gasteiger partial charge in [0.25, 0.3) is 0 Å². The van der Waals surface area contributed by atoms with E-state index in [4.69, 9.17) is 0 Å². The summed E-state index contributed by atoms with van der Waals surface area (Å²) in [6.45, 7) is 40.6. The van der Waals surface area contributed by atoms with Crippen LogP contribution in [0.5, 0.6) is 0 Å². The monoisotopic (exact) mass is 560 g/mol. The Balaban J connectivity index is 4.67. The van der Waals surface area contributed by atoms with E-state index in [1.807, 2.05) is 10.4 Å². The average molecular weight is 562 g/mol. The molecule has 1 aliphatic carbocycles. The molecule has 0 aromatic carbocycles. The van der Waals surface area contributed by atoms with Gasteiger partial charge in [-0.25, -0.2) is 0 Å². The zero-order valence-corrected chi connectivity index (χ0v) is 31.0. The fraction of sp³-hybridized carbons (Fsp3) is 0.826. The van der Waals surface area contributed by atoms with Crippen LogP contribution < -0.4 is 0 Å². The summed E-state index contributed by atoms with van der Waals surface area (Å²) in [4.78, 5) is 0. The van der Waals surface area contributed by atoms with Crippen molar-refractivity contribution >= 4 is 40.4 Å². The molecule has 0 aromatic heterocycles. The molecular formula is C23H54Si5Zr. The maximum absolute atomic E-state index is 2.76. The molecule has 0 unspecified atom stereocenters. The van der Waals surface area contributed by atoms with Crippen LogP contribution in [-0.2, 0) is 20.3 Å². The van der Waals surface area contributed by atoms with Gasteiger partial charge in [0.2, 0.25) is 0 Å². The summed E-state index contributed by atoms with van der Waals surface area (Å²) in [5.41, 5.74) is 0. The van der Waals surface area contributed by atoms with E-state index in [0.717, 1.165) is 0 Å². The predicted octanol–water partition coefficient (Wildman–Crippen LogP) is 9.44. The first kappa shape index (κ1) is 28.5. The fourth-order valence-electron chi connectivity index (χ4n) is 6.75. The molecule has 0 bridgehead atoms. The van der Waals surface area contributed by atoms with Gasteiger partial charge in [-0.15, -0.1) is 0 Å². The van der Waals surface area contributed by atoms with Gasteiger partial charge in [0, 0.05) is 0 Å². The maximum atomic E-state index is 2.76. The van der Waals surface area contributed by atoms with Crippen LogP contribution in [-0.4, -0.2) is 40.4 Å². The molecule has 0 heterocycles. The summed E-state index contributed by atoms with van der Waals surface area (Å²) in [7, 11) is -7.46. The topological polar surface area (TPSA) is 0 Å². The fourth-order valence-corrected chi connectivity index (χ4v) is 55.4. The molecule has 0 saturated carbocycles. The van der Waals surface area contributed by atoms with Crippen LogP contribution in [0.1, 0.15) is 0 Å². The number of hydrogen-bond acceptors (Lipinski definition) is 0. The standard InChI is InChI=1S/C20H45Si5.3CH3.Zr/c1-21(2,3)17-16-20(24(10,11)12,25(13,14)15)19(23(7,8)9)18(17)22(4,5)6;;;;/h1-15H3;3*1H3;. The first-order chi connectivity index (χ1) is 12.2. The van der Waals surface area contributed by atoms with Crippen molar-refractivity contribution in [2.24, 2.45) is 0 Å². The van der Waals surface area contributed by atoms with Gasteiger partial charge in [0.05, 0.1) is 0 Å². The Morgan fingerprint density at radius 2 is 0.793 bits per heavy atom. The van der Waals surface area contributed by atoms with Gasteiger partial charge in [0.1, 0.15) is 0 Å². The average Bonchev–Trinajstić information content (AvgIpc) is 2.68. The molecule has 0 radical (unpaired) electrons. The second-order valence-electron chi connectivity index (χ2n) is 15.8. The summed E-state index contributed by atoms with van der Waals surface area (Å²) < 4.78 is 10.9. The van der Waals surface area contributed by atoms with E-state index in [2.05, 4.69) is 121 Å². The SMILES string of the molecule is C[Si](C)(C)C1=C([Si](C)(C)C)C([Si](C)(C)C)([Si](C)(C)C)[C]([Zr]([CH3])([CH3])[CH3])=C1[Si](C)(C)C. The van der Waals surface area contributed by atoms with Crippen molar-refractivity contribution in [1.82, 2.24) is 0 Å². The third kappa shape index (κ3) is 4.88. The third-order valence-electron chi connectivity index (χ3n) is 6.75. The van der Waals surface area contributed by atoms with Crippen molar-refractivity contribution in [2.45, 2.75) is 117 Å². The molecule has 0 spiro atoms. The van der Waals surface area contributed by atoms with Crippen LogP contribution in [0, 0.1) is 0 Å². The van der Waals surface area contributed by atoms with Crippen molar-refractivity contribution in [3.63, 3.8) is 0 Å². The van der Waals surface area contributed by atoms with Crippen LogP contribution in [0.2, 0.25) is 117 Å². The summed E-state index contributed by atoms with van der Waals surface area (Å²) >= 11 is -2.40. The van der Waals surface area contributed by atoms with Gasteiger partial charge >= 0.3 is 196 Å². The van der Waals surface area contributed by atoms with Gasteiger partial charge in [-0.2, -0.15) is 0 Å². The molecule has 1 aliphatic rings. The summed E-state index contributed by atoms with van der Waals surface area (Å²) in [6.07, 6.45) is 0. The molecule has 0 N–H and O–H groups in total. The van der Waals surface area contributed by atoms with E-state index in [-0.39, 0.29) is 0 Å². The second-order valence-corrected chi connectivity index (χ2v) is 54.0. The second kappa shape index (κ2) is 7.75. The Kier molecular flexibility index (Phi) is 7.61. The number of hydrogen-bond donors (Lipinski definition) is 0. The van der Waals surface area contributed by atoms with Gasteiger partial charge in [-0.3, -0.25) is 0 Å². The molecule has 0 amide bonds. The van der Waals surface area contributed by atoms with E-state index in [0.29, 0.717) is 4.66 Å². The van der Waals surface area contributed by atoms with Crippen molar-refractivity contribution in [1.29, 1.82) is 0 Å². The third-order valence-corrected chi connectivity index (χ3v) is 30.9. The normalized spacial score (nSPS) is 20.1. The molecule has 0 aliphatic heterocycles. The Morgan fingerprint density at radius 1 is 0.483 bits per heavy atom. The first-order valence-corrected chi connectivity index (χ1v) is 37.9. The molecule has 0 aromatic rings. The zero-order valence-electron chi connectivity index (χ0n) is 23.5. The van der Waals surface area contributed by atoms with Gasteiger partial charge in [0.15, 0.2) is 0 Å². The van der Waals surface area contributed by atoms with Crippen molar-refractivity contribution < 1.29 is 20.3 Å². The molecule has 6 heteroatoms. The molecule has 1 rings (SSSR count). The van der Waals surface area contributed by atoms with Gasteiger partial charge < -0.3 is 0 Å². The van der Waals surface area contributed by atoms with E-state index < -0.39 is 60.6 Å². The first-order valence-electron chi connectivity index (χ1n) is 11.8. The van der Waals surface area contributed by atoms with E-state index in [9.17, 15) is 0 Å². The minimum absolute atomic E-state index is 0.490. The zero-order chi connectivity index (χ0) is 23.8. The van der Waals surface area contributed by atoms with E-state index in [1.165, 1.54) is 0 Å².